The number of ether oxygens (including phenoxy) is 1. The number of rotatable bonds is 6. The predicted octanol–water partition coefficient (Wildman–Crippen LogP) is 8.70. The number of hydrogen-bond donors (Lipinski definition) is 2. The zero-order chi connectivity index (χ0) is 41.6. The van der Waals surface area contributed by atoms with Gasteiger partial charge in [0.2, 0.25) is 11.8 Å². The summed E-state index contributed by atoms with van der Waals surface area (Å²) in [6.45, 7) is 1.86. The first kappa shape index (κ1) is 39.2. The zero-order valence-electron chi connectivity index (χ0n) is 30.5. The average Bonchev–Trinajstić information content (AvgIpc) is 3.56. The molecule has 4 aromatic rings. The summed E-state index contributed by atoms with van der Waals surface area (Å²) in [5.41, 5.74) is -0.902. The number of carbonyl (C=O) groups excluding carboxylic acids is 4. The van der Waals surface area contributed by atoms with Crippen molar-refractivity contribution >= 4 is 50.9 Å². The molecule has 58 heavy (non-hydrogen) atoms. The van der Waals surface area contributed by atoms with E-state index in [9.17, 15) is 45.8 Å². The number of nitrogens with zero attached hydrogens (tertiary/aromatic N) is 2. The first-order valence-electron chi connectivity index (χ1n) is 18.1. The second-order valence-corrected chi connectivity index (χ2v) is 15.8. The molecule has 6 atom stereocenters. The van der Waals surface area contributed by atoms with Crippen molar-refractivity contribution < 1.29 is 55.4 Å². The topological polar surface area (TPSA) is 116 Å². The predicted molar refractivity (Wildman–Crippen MR) is 200 cm³/mol. The molecule has 0 radical (unpaired) electrons. The van der Waals surface area contributed by atoms with Gasteiger partial charge in [0.15, 0.2) is 11.5 Å². The standard InChI is InChI=1S/C42H32BrF6N3O6/c1-20-8-10-25(11-9-20)50-52-37(55)31-19-29-27(34(30-17-24(43)18-32(58-2)35(30)53)40(31,39(52)57)21-6-4-3-5-7-21)12-13-28-33(29)38(56)51(36(28)54)26-15-22(41(44,45)46)14-23(16-26)42(47,48)49/h3-12,14-18,28-29,31,33-34,50,53H,13,19H2,1-2H3. The minimum absolute atomic E-state index is 0.00951. The zero-order valence-corrected chi connectivity index (χ0v) is 32.1. The number of imide groups is 2. The molecule has 4 amide bonds. The number of hydrogen-bond acceptors (Lipinski definition) is 7. The molecule has 4 aromatic carbocycles. The molecular weight excluding hydrogens is 836 g/mol. The summed E-state index contributed by atoms with van der Waals surface area (Å²) >= 11 is 3.46. The fourth-order valence-electron chi connectivity index (χ4n) is 9.38. The average molecular weight is 869 g/mol. The van der Waals surface area contributed by atoms with Gasteiger partial charge in [-0.25, -0.2) is 4.90 Å². The number of phenols is 1. The van der Waals surface area contributed by atoms with Crippen molar-refractivity contribution in [3.63, 3.8) is 0 Å². The van der Waals surface area contributed by atoms with Crippen molar-refractivity contribution in [1.29, 1.82) is 0 Å². The number of amides is 4. The van der Waals surface area contributed by atoms with Crippen LogP contribution in [0.5, 0.6) is 11.5 Å². The molecule has 9 nitrogen and oxygen atoms in total. The molecule has 2 aliphatic heterocycles. The Kier molecular flexibility index (Phi) is 9.29. The highest BCUT2D eigenvalue weighted by atomic mass is 79.9. The summed E-state index contributed by atoms with van der Waals surface area (Å²) in [7, 11) is 1.32. The number of hydrazine groups is 1. The normalized spacial score (nSPS) is 25.7. The maximum Gasteiger partial charge on any atom is 0.416 e. The third-order valence-electron chi connectivity index (χ3n) is 11.8. The van der Waals surface area contributed by atoms with Crippen LogP contribution in [-0.2, 0) is 36.9 Å². The highest BCUT2D eigenvalue weighted by molar-refractivity contribution is 9.10. The van der Waals surface area contributed by atoms with E-state index in [0.29, 0.717) is 38.3 Å². The van der Waals surface area contributed by atoms with Crippen LogP contribution in [0, 0.1) is 30.6 Å². The Bertz CT molecular complexity index is 2390. The summed E-state index contributed by atoms with van der Waals surface area (Å²) in [6, 6.07) is 19.0. The molecule has 2 heterocycles. The van der Waals surface area contributed by atoms with Gasteiger partial charge in [0.05, 0.1) is 52.8 Å². The van der Waals surface area contributed by atoms with Crippen molar-refractivity contribution in [2.24, 2.45) is 23.7 Å². The Morgan fingerprint density at radius 1 is 0.828 bits per heavy atom. The number of methoxy groups -OCH3 is 1. The van der Waals surface area contributed by atoms with E-state index in [4.69, 9.17) is 4.74 Å². The van der Waals surface area contributed by atoms with E-state index >= 15 is 4.79 Å². The van der Waals surface area contributed by atoms with Crippen LogP contribution >= 0.6 is 15.9 Å². The second kappa shape index (κ2) is 13.7. The molecule has 16 heteroatoms. The maximum atomic E-state index is 15.3. The number of aryl methyl sites for hydroxylation is 1. The Morgan fingerprint density at radius 3 is 2.07 bits per heavy atom. The summed E-state index contributed by atoms with van der Waals surface area (Å²) in [5.74, 6) is -9.90. The molecule has 0 bridgehead atoms. The molecule has 2 aliphatic carbocycles. The molecule has 6 unspecified atom stereocenters. The first-order valence-corrected chi connectivity index (χ1v) is 18.9. The number of allylic oxidation sites excluding steroid dienone is 2. The molecular formula is C42H32BrF6N3O6. The number of nitrogens with one attached hydrogen (secondary N) is 1. The van der Waals surface area contributed by atoms with Crippen LogP contribution in [0.25, 0.3) is 0 Å². The van der Waals surface area contributed by atoms with Gasteiger partial charge in [-0.1, -0.05) is 75.6 Å². The third-order valence-corrected chi connectivity index (χ3v) is 12.3. The van der Waals surface area contributed by atoms with Crippen molar-refractivity contribution in [1.82, 2.24) is 5.01 Å². The van der Waals surface area contributed by atoms with Gasteiger partial charge >= 0.3 is 12.4 Å². The van der Waals surface area contributed by atoms with Gasteiger partial charge in [-0.3, -0.25) is 24.6 Å². The Balaban J connectivity index is 1.33. The quantitative estimate of drug-likeness (QED) is 0.113. The summed E-state index contributed by atoms with van der Waals surface area (Å²) in [4.78, 5) is 59.3. The van der Waals surface area contributed by atoms with Crippen LogP contribution in [0.2, 0.25) is 0 Å². The highest BCUT2D eigenvalue weighted by Gasteiger charge is 2.71. The van der Waals surface area contributed by atoms with Gasteiger partial charge in [-0.05, 0) is 73.7 Å². The van der Waals surface area contributed by atoms with E-state index in [-0.39, 0.29) is 36.0 Å². The van der Waals surface area contributed by atoms with Crippen molar-refractivity contribution in [2.75, 3.05) is 17.4 Å². The molecule has 2 saturated heterocycles. The number of benzene rings is 4. The summed E-state index contributed by atoms with van der Waals surface area (Å²) in [5, 5.41) is 12.8. The maximum absolute atomic E-state index is 15.3. The van der Waals surface area contributed by atoms with Crippen LogP contribution in [0.3, 0.4) is 0 Å². The minimum Gasteiger partial charge on any atom is -0.504 e. The number of aromatic hydroxyl groups is 1. The van der Waals surface area contributed by atoms with E-state index in [0.717, 1.165) is 10.6 Å². The second-order valence-electron chi connectivity index (χ2n) is 14.9. The Hall–Kier alpha value is -5.64. The van der Waals surface area contributed by atoms with E-state index in [2.05, 4.69) is 21.4 Å². The third kappa shape index (κ3) is 5.97. The molecule has 8 rings (SSSR count). The largest absolute Gasteiger partial charge is 0.504 e. The van der Waals surface area contributed by atoms with E-state index in [1.54, 1.807) is 66.7 Å². The van der Waals surface area contributed by atoms with Crippen molar-refractivity contribution in [2.45, 2.75) is 43.5 Å². The lowest BCUT2D eigenvalue weighted by Gasteiger charge is -2.50. The number of carbonyl (C=O) groups is 4. The minimum atomic E-state index is -5.25. The fraction of sp³-hybridized carbons (Fsp3) is 0.286. The molecule has 300 valence electrons. The van der Waals surface area contributed by atoms with Crippen LogP contribution in [0.15, 0.2) is 101 Å². The van der Waals surface area contributed by atoms with Gasteiger partial charge in [0, 0.05) is 16.0 Å². The van der Waals surface area contributed by atoms with E-state index in [1.807, 2.05) is 6.92 Å². The van der Waals surface area contributed by atoms with Gasteiger partial charge in [0.1, 0.15) is 0 Å². The Labute approximate surface area is 335 Å². The lowest BCUT2D eigenvalue weighted by molar-refractivity contribution is -0.143. The molecule has 4 aliphatic rings. The highest BCUT2D eigenvalue weighted by Crippen LogP contribution is 2.65. The van der Waals surface area contributed by atoms with Crippen LogP contribution in [0.4, 0.5) is 37.7 Å². The lowest BCUT2D eigenvalue weighted by atomic mass is 9.49. The molecule has 0 aromatic heterocycles. The molecule has 1 saturated carbocycles. The Morgan fingerprint density at radius 2 is 1.47 bits per heavy atom. The number of alkyl halides is 6. The van der Waals surface area contributed by atoms with Gasteiger partial charge in [-0.15, -0.1) is 0 Å². The summed E-state index contributed by atoms with van der Waals surface area (Å²) < 4.78 is 89.6. The van der Waals surface area contributed by atoms with Crippen molar-refractivity contribution in [3.05, 3.63) is 129 Å². The number of halogens is 7. The molecule has 0 spiro atoms. The van der Waals surface area contributed by atoms with Crippen molar-refractivity contribution in [3.8, 4) is 11.5 Å². The van der Waals surface area contributed by atoms with Crippen LogP contribution < -0.4 is 15.1 Å². The smallest absolute Gasteiger partial charge is 0.416 e. The lowest BCUT2D eigenvalue weighted by Crippen LogP contribution is -2.53. The number of phenolic OH excluding ortho intramolecular Hbond substituents is 1. The van der Waals surface area contributed by atoms with Crippen LogP contribution in [0.1, 0.15) is 46.6 Å². The molecule has 2 N–H and O–H groups in total. The number of anilines is 2. The fourth-order valence-corrected chi connectivity index (χ4v) is 9.84. The van der Waals surface area contributed by atoms with Gasteiger partial charge in [-0.2, -0.15) is 31.4 Å². The van der Waals surface area contributed by atoms with E-state index < -0.39 is 87.8 Å². The first-order chi connectivity index (χ1) is 27.4. The number of fused-ring (bicyclic) bond motifs is 4. The SMILES string of the molecule is COc1cc(Br)cc(C2C3=CCC4C(=O)N(c5cc(C(F)(F)F)cc(C(F)(F)F)c5)C(=O)C4C3CC3C(=O)N(Nc4ccc(C)cc4)C(=O)C32c2ccccc2)c1O. The van der Waals surface area contributed by atoms with Gasteiger partial charge in [0.25, 0.3) is 11.8 Å². The van der Waals surface area contributed by atoms with Gasteiger partial charge < -0.3 is 9.84 Å². The summed E-state index contributed by atoms with van der Waals surface area (Å²) in [6.07, 6.45) is -9.26. The van der Waals surface area contributed by atoms with Crippen LogP contribution in [-0.4, -0.2) is 40.9 Å². The molecule has 3 fully saturated rings. The van der Waals surface area contributed by atoms with E-state index in [1.165, 1.54) is 13.2 Å². The monoisotopic (exact) mass is 867 g/mol.